The summed E-state index contributed by atoms with van der Waals surface area (Å²) in [7, 11) is 0. The molecule has 0 spiro atoms. The SMILES string of the molecule is Cc1ccc(OC(=O)OCc2ccc(CC(=O)[C@H](C)NC(=O)[C@@H](C)C(C)C)cc2)cc1. The molecule has 0 fully saturated rings. The summed E-state index contributed by atoms with van der Waals surface area (Å²) in [4.78, 5) is 36.4. The summed E-state index contributed by atoms with van der Waals surface area (Å²) in [5.41, 5.74) is 2.68. The quantitative estimate of drug-likeness (QED) is 0.468. The minimum Gasteiger partial charge on any atom is -0.429 e. The van der Waals surface area contributed by atoms with Gasteiger partial charge in [0.25, 0.3) is 0 Å². The van der Waals surface area contributed by atoms with Gasteiger partial charge < -0.3 is 14.8 Å². The van der Waals surface area contributed by atoms with Gasteiger partial charge in [-0.15, -0.1) is 0 Å². The first-order chi connectivity index (χ1) is 14.7. The maximum atomic E-state index is 12.4. The zero-order chi connectivity index (χ0) is 23.0. The van der Waals surface area contributed by atoms with Crippen LogP contribution in [0, 0.1) is 18.8 Å². The van der Waals surface area contributed by atoms with Crippen molar-refractivity contribution in [1.82, 2.24) is 5.32 Å². The van der Waals surface area contributed by atoms with Crippen molar-refractivity contribution in [2.45, 2.75) is 53.7 Å². The van der Waals surface area contributed by atoms with Crippen LogP contribution in [0.2, 0.25) is 0 Å². The molecule has 166 valence electrons. The van der Waals surface area contributed by atoms with Crippen LogP contribution in [-0.2, 0) is 27.4 Å². The molecule has 0 saturated carbocycles. The van der Waals surface area contributed by atoms with Crippen molar-refractivity contribution >= 4 is 17.8 Å². The molecule has 0 heterocycles. The molecule has 0 saturated heterocycles. The van der Waals surface area contributed by atoms with Gasteiger partial charge in [0.15, 0.2) is 5.78 Å². The van der Waals surface area contributed by atoms with Crippen LogP contribution in [0.3, 0.4) is 0 Å². The molecule has 31 heavy (non-hydrogen) atoms. The summed E-state index contributed by atoms with van der Waals surface area (Å²) in [6.45, 7) is 9.53. The van der Waals surface area contributed by atoms with E-state index in [2.05, 4.69) is 5.32 Å². The van der Waals surface area contributed by atoms with E-state index < -0.39 is 12.2 Å². The third-order valence-electron chi connectivity index (χ3n) is 5.24. The van der Waals surface area contributed by atoms with Crippen LogP contribution in [0.1, 0.15) is 44.4 Å². The van der Waals surface area contributed by atoms with E-state index in [-0.39, 0.29) is 36.6 Å². The Hall–Kier alpha value is -3.15. The largest absolute Gasteiger partial charge is 0.514 e. The molecule has 0 bridgehead atoms. The second-order valence-electron chi connectivity index (χ2n) is 8.18. The van der Waals surface area contributed by atoms with Crippen molar-refractivity contribution in [2.75, 3.05) is 0 Å². The maximum Gasteiger partial charge on any atom is 0.514 e. The number of rotatable bonds is 9. The van der Waals surface area contributed by atoms with Crippen LogP contribution >= 0.6 is 0 Å². The van der Waals surface area contributed by atoms with Gasteiger partial charge in [-0.1, -0.05) is 62.7 Å². The molecule has 2 aromatic carbocycles. The van der Waals surface area contributed by atoms with Gasteiger partial charge in [0, 0.05) is 12.3 Å². The van der Waals surface area contributed by atoms with Crippen LogP contribution in [0.25, 0.3) is 0 Å². The maximum absolute atomic E-state index is 12.4. The second-order valence-corrected chi connectivity index (χ2v) is 8.18. The average Bonchev–Trinajstić information content (AvgIpc) is 2.74. The number of nitrogens with one attached hydrogen (secondary N) is 1. The number of aryl methyl sites for hydroxylation is 1. The van der Waals surface area contributed by atoms with Crippen LogP contribution in [0.4, 0.5) is 4.79 Å². The number of amides is 1. The molecule has 0 aliphatic heterocycles. The first-order valence-electron chi connectivity index (χ1n) is 10.5. The molecule has 0 aliphatic carbocycles. The van der Waals surface area contributed by atoms with E-state index in [0.29, 0.717) is 5.75 Å². The van der Waals surface area contributed by atoms with E-state index in [1.165, 1.54) is 0 Å². The molecule has 2 aromatic rings. The molecule has 6 nitrogen and oxygen atoms in total. The molecule has 2 rings (SSSR count). The zero-order valence-corrected chi connectivity index (χ0v) is 18.8. The number of carbonyl (C=O) groups excluding carboxylic acids is 3. The topological polar surface area (TPSA) is 81.7 Å². The Labute approximate surface area is 183 Å². The fourth-order valence-corrected chi connectivity index (χ4v) is 2.71. The Bertz CT molecular complexity index is 887. The monoisotopic (exact) mass is 425 g/mol. The van der Waals surface area contributed by atoms with Gasteiger partial charge in [-0.05, 0) is 43.0 Å². The van der Waals surface area contributed by atoms with Crippen LogP contribution < -0.4 is 10.1 Å². The van der Waals surface area contributed by atoms with Gasteiger partial charge in [0.2, 0.25) is 5.91 Å². The minimum absolute atomic E-state index is 0.0602. The van der Waals surface area contributed by atoms with E-state index in [1.807, 2.05) is 52.0 Å². The van der Waals surface area contributed by atoms with Crippen molar-refractivity contribution in [2.24, 2.45) is 11.8 Å². The number of hydrogen-bond donors (Lipinski definition) is 1. The van der Waals surface area contributed by atoms with Crippen LogP contribution in [0.5, 0.6) is 5.75 Å². The highest BCUT2D eigenvalue weighted by Gasteiger charge is 2.21. The smallest absolute Gasteiger partial charge is 0.429 e. The summed E-state index contributed by atoms with van der Waals surface area (Å²) in [6, 6.07) is 13.8. The fraction of sp³-hybridized carbons (Fsp3) is 0.400. The molecule has 2 atom stereocenters. The number of Topliss-reactive ketones (excluding diaryl/α,β-unsaturated/α-hetero) is 1. The lowest BCUT2D eigenvalue weighted by atomic mass is 9.96. The summed E-state index contributed by atoms with van der Waals surface area (Å²) < 4.78 is 10.2. The van der Waals surface area contributed by atoms with Crippen LogP contribution in [0.15, 0.2) is 48.5 Å². The van der Waals surface area contributed by atoms with Gasteiger partial charge in [-0.2, -0.15) is 0 Å². The summed E-state index contributed by atoms with van der Waals surface area (Å²) in [6.07, 6.45) is -0.558. The third-order valence-corrected chi connectivity index (χ3v) is 5.24. The van der Waals surface area contributed by atoms with E-state index in [0.717, 1.165) is 16.7 Å². The van der Waals surface area contributed by atoms with Crippen LogP contribution in [-0.4, -0.2) is 23.9 Å². The minimum atomic E-state index is -0.775. The lowest BCUT2D eigenvalue weighted by molar-refractivity contribution is -0.130. The molecule has 6 heteroatoms. The van der Waals surface area contributed by atoms with E-state index in [4.69, 9.17) is 9.47 Å². The number of hydrogen-bond acceptors (Lipinski definition) is 5. The highest BCUT2D eigenvalue weighted by atomic mass is 16.7. The molecule has 0 aromatic heterocycles. The van der Waals surface area contributed by atoms with Crippen molar-refractivity contribution in [3.63, 3.8) is 0 Å². The van der Waals surface area contributed by atoms with Gasteiger partial charge in [0.05, 0.1) is 6.04 Å². The molecular weight excluding hydrogens is 394 g/mol. The Balaban J connectivity index is 1.80. The number of benzene rings is 2. The number of carbonyl (C=O) groups is 3. The summed E-state index contributed by atoms with van der Waals surface area (Å²) >= 11 is 0. The predicted molar refractivity (Wildman–Crippen MR) is 119 cm³/mol. The van der Waals surface area contributed by atoms with Crippen molar-refractivity contribution in [3.05, 3.63) is 65.2 Å². The summed E-state index contributed by atoms with van der Waals surface area (Å²) in [5, 5.41) is 2.79. The second kappa shape index (κ2) is 11.3. The highest BCUT2D eigenvalue weighted by Crippen LogP contribution is 2.14. The van der Waals surface area contributed by atoms with Gasteiger partial charge >= 0.3 is 6.16 Å². The Kier molecular flexibility index (Phi) is 8.79. The summed E-state index contributed by atoms with van der Waals surface area (Å²) in [5.74, 6) is 0.322. The van der Waals surface area contributed by atoms with Crippen molar-refractivity contribution in [1.29, 1.82) is 0 Å². The Morgan fingerprint density at radius 3 is 2.03 bits per heavy atom. The molecule has 1 N–H and O–H groups in total. The first kappa shape index (κ1) is 24.1. The Morgan fingerprint density at radius 1 is 0.871 bits per heavy atom. The third kappa shape index (κ3) is 7.89. The highest BCUT2D eigenvalue weighted by molar-refractivity contribution is 5.90. The number of ketones is 1. The van der Waals surface area contributed by atoms with Gasteiger partial charge in [-0.25, -0.2) is 4.79 Å². The predicted octanol–water partition coefficient (Wildman–Crippen LogP) is 4.62. The van der Waals surface area contributed by atoms with E-state index in [9.17, 15) is 14.4 Å². The molecular formula is C25H31NO5. The van der Waals surface area contributed by atoms with Gasteiger partial charge in [0.1, 0.15) is 12.4 Å². The standard InChI is InChI=1S/C25H31NO5/c1-16(2)18(4)24(28)26-19(5)23(27)14-20-8-10-21(11-9-20)15-30-25(29)31-22-12-6-17(3)7-13-22/h6-13,16,18-19H,14-15H2,1-5H3,(H,26,28)/t18-,19-/m0/s1. The average molecular weight is 426 g/mol. The van der Waals surface area contributed by atoms with Crippen molar-refractivity contribution in [3.8, 4) is 5.75 Å². The Morgan fingerprint density at radius 2 is 1.45 bits per heavy atom. The lowest BCUT2D eigenvalue weighted by Crippen LogP contribution is -2.42. The zero-order valence-electron chi connectivity index (χ0n) is 18.8. The molecule has 0 unspecified atom stereocenters. The molecule has 0 radical (unpaired) electrons. The van der Waals surface area contributed by atoms with Crippen molar-refractivity contribution < 1.29 is 23.9 Å². The molecule has 0 aliphatic rings. The van der Waals surface area contributed by atoms with E-state index in [1.54, 1.807) is 31.2 Å². The van der Waals surface area contributed by atoms with E-state index >= 15 is 0 Å². The molecule has 1 amide bonds. The lowest BCUT2D eigenvalue weighted by Gasteiger charge is -2.19. The van der Waals surface area contributed by atoms with Gasteiger partial charge in [-0.3, -0.25) is 9.59 Å². The normalized spacial score (nSPS) is 12.7. The fourth-order valence-electron chi connectivity index (χ4n) is 2.71. The number of ether oxygens (including phenoxy) is 2. The first-order valence-corrected chi connectivity index (χ1v) is 10.5.